The Morgan fingerprint density at radius 3 is 2.67 bits per heavy atom. The Morgan fingerprint density at radius 1 is 1.33 bits per heavy atom. The van der Waals surface area contributed by atoms with Crippen molar-refractivity contribution in [3.63, 3.8) is 0 Å². The molecular weight excluding hydrogens is 228 g/mol. The number of benzene rings is 1. The van der Waals surface area contributed by atoms with E-state index >= 15 is 0 Å². The number of rotatable bonds is 2. The molecule has 0 bridgehead atoms. The van der Waals surface area contributed by atoms with Gasteiger partial charge in [0.25, 0.3) is 5.56 Å². The number of aryl methyl sites for hydroxylation is 1. The third kappa shape index (κ3) is 2.01. The molecule has 4 nitrogen and oxygen atoms in total. The van der Waals surface area contributed by atoms with E-state index in [1.807, 2.05) is 39.0 Å². The second-order valence-corrected chi connectivity index (χ2v) is 4.32. The zero-order chi connectivity index (χ0) is 13.3. The summed E-state index contributed by atoms with van der Waals surface area (Å²) in [7, 11) is 0. The summed E-state index contributed by atoms with van der Waals surface area (Å²) in [5, 5.41) is 9.76. The second kappa shape index (κ2) is 4.64. The minimum atomic E-state index is -0.277. The molecule has 2 rings (SSSR count). The highest BCUT2D eigenvalue weighted by Gasteiger charge is 2.12. The van der Waals surface area contributed by atoms with Crippen LogP contribution in [-0.2, 0) is 6.42 Å². The number of aromatic nitrogens is 2. The average molecular weight is 244 g/mol. The number of hydrogen-bond donors (Lipinski definition) is 2. The van der Waals surface area contributed by atoms with Crippen molar-refractivity contribution in [2.75, 3.05) is 0 Å². The van der Waals surface area contributed by atoms with Crippen LogP contribution < -0.4 is 5.56 Å². The number of nitrogens with one attached hydrogen (secondary N) is 1. The van der Waals surface area contributed by atoms with Crippen LogP contribution in [0, 0.1) is 13.8 Å². The topological polar surface area (TPSA) is 66.0 Å². The first kappa shape index (κ1) is 12.4. The summed E-state index contributed by atoms with van der Waals surface area (Å²) in [6.45, 7) is 5.77. The third-order valence-electron chi connectivity index (χ3n) is 3.21. The molecule has 0 spiro atoms. The minimum absolute atomic E-state index is 0.183. The summed E-state index contributed by atoms with van der Waals surface area (Å²) in [6, 6.07) is 5.78. The monoisotopic (exact) mass is 244 g/mol. The summed E-state index contributed by atoms with van der Waals surface area (Å²) in [6.07, 6.45) is 0.460. The third-order valence-corrected chi connectivity index (χ3v) is 3.21. The van der Waals surface area contributed by atoms with Gasteiger partial charge in [0.05, 0.1) is 5.56 Å². The fraction of sp³-hybridized carbons (Fsp3) is 0.286. The Labute approximate surface area is 105 Å². The molecule has 1 aromatic heterocycles. The van der Waals surface area contributed by atoms with Crippen LogP contribution in [0.2, 0.25) is 0 Å². The molecule has 0 saturated carbocycles. The lowest BCUT2D eigenvalue weighted by Gasteiger charge is -2.09. The van der Waals surface area contributed by atoms with Gasteiger partial charge < -0.3 is 10.1 Å². The van der Waals surface area contributed by atoms with Crippen molar-refractivity contribution in [2.24, 2.45) is 0 Å². The Balaban J connectivity index is 2.66. The molecule has 4 heteroatoms. The van der Waals surface area contributed by atoms with Crippen molar-refractivity contribution in [1.82, 2.24) is 9.97 Å². The van der Waals surface area contributed by atoms with Gasteiger partial charge in [-0.3, -0.25) is 4.79 Å². The molecule has 0 aliphatic rings. The van der Waals surface area contributed by atoms with Crippen LogP contribution in [0.4, 0.5) is 0 Å². The quantitative estimate of drug-likeness (QED) is 0.852. The molecule has 2 aromatic rings. The number of aromatic hydroxyl groups is 1. The minimum Gasteiger partial charge on any atom is -0.493 e. The molecule has 0 atom stereocenters. The fourth-order valence-corrected chi connectivity index (χ4v) is 1.94. The van der Waals surface area contributed by atoms with E-state index in [2.05, 4.69) is 9.97 Å². The van der Waals surface area contributed by atoms with Gasteiger partial charge in [0.15, 0.2) is 0 Å². The van der Waals surface area contributed by atoms with E-state index in [1.165, 1.54) is 0 Å². The van der Waals surface area contributed by atoms with Gasteiger partial charge in [-0.05, 0) is 31.4 Å². The summed E-state index contributed by atoms with van der Waals surface area (Å²) in [4.78, 5) is 18.6. The van der Waals surface area contributed by atoms with Crippen molar-refractivity contribution in [1.29, 1.82) is 0 Å². The molecule has 0 unspecified atom stereocenters. The lowest BCUT2D eigenvalue weighted by Crippen LogP contribution is -2.14. The lowest BCUT2D eigenvalue weighted by atomic mass is 10.0. The predicted octanol–water partition coefficient (Wildman–Crippen LogP) is 2.32. The molecule has 94 valence electrons. The largest absolute Gasteiger partial charge is 0.493 e. The number of hydrogen-bond acceptors (Lipinski definition) is 3. The van der Waals surface area contributed by atoms with E-state index in [4.69, 9.17) is 0 Å². The molecule has 1 aromatic carbocycles. The Morgan fingerprint density at radius 2 is 2.06 bits per heavy atom. The zero-order valence-corrected chi connectivity index (χ0v) is 10.7. The predicted molar refractivity (Wildman–Crippen MR) is 70.8 cm³/mol. The standard InChI is InChI=1S/C14H16N2O2/c1-4-10-13(17)15-12(16-14(10)18)11-7-5-6-8(2)9(11)3/h5-7H,4H2,1-3H3,(H2,15,16,17,18). The van der Waals surface area contributed by atoms with Crippen molar-refractivity contribution in [3.8, 4) is 17.3 Å². The summed E-state index contributed by atoms with van der Waals surface area (Å²) < 4.78 is 0. The summed E-state index contributed by atoms with van der Waals surface area (Å²) in [5.41, 5.74) is 3.05. The molecule has 18 heavy (non-hydrogen) atoms. The SMILES string of the molecule is CCc1c(O)nc(-c2cccc(C)c2C)[nH]c1=O. The van der Waals surface area contributed by atoms with Gasteiger partial charge in [0, 0.05) is 5.56 Å². The van der Waals surface area contributed by atoms with E-state index in [1.54, 1.807) is 0 Å². The Hall–Kier alpha value is -2.10. The average Bonchev–Trinajstić information content (AvgIpc) is 2.32. The van der Waals surface area contributed by atoms with E-state index in [-0.39, 0.29) is 11.4 Å². The summed E-state index contributed by atoms with van der Waals surface area (Å²) >= 11 is 0. The second-order valence-electron chi connectivity index (χ2n) is 4.32. The Kier molecular flexibility index (Phi) is 3.19. The zero-order valence-electron chi connectivity index (χ0n) is 10.7. The van der Waals surface area contributed by atoms with Gasteiger partial charge in [-0.1, -0.05) is 25.1 Å². The first-order valence-corrected chi connectivity index (χ1v) is 5.93. The van der Waals surface area contributed by atoms with E-state index in [9.17, 15) is 9.90 Å². The van der Waals surface area contributed by atoms with Crippen LogP contribution in [0.25, 0.3) is 11.4 Å². The maximum atomic E-state index is 11.8. The molecule has 0 radical (unpaired) electrons. The lowest BCUT2D eigenvalue weighted by molar-refractivity contribution is 0.444. The molecule has 0 aliphatic heterocycles. The van der Waals surface area contributed by atoms with Crippen LogP contribution in [0.15, 0.2) is 23.0 Å². The molecule has 0 aliphatic carbocycles. The van der Waals surface area contributed by atoms with Gasteiger partial charge >= 0.3 is 0 Å². The van der Waals surface area contributed by atoms with Crippen LogP contribution in [-0.4, -0.2) is 15.1 Å². The molecule has 0 saturated heterocycles. The number of H-pyrrole nitrogens is 1. The van der Waals surface area contributed by atoms with Crippen molar-refractivity contribution < 1.29 is 5.11 Å². The highest BCUT2D eigenvalue weighted by molar-refractivity contribution is 5.62. The highest BCUT2D eigenvalue weighted by Crippen LogP contribution is 2.23. The molecule has 0 amide bonds. The Bertz CT molecular complexity index is 645. The van der Waals surface area contributed by atoms with Crippen LogP contribution in [0.1, 0.15) is 23.6 Å². The van der Waals surface area contributed by atoms with Crippen molar-refractivity contribution in [2.45, 2.75) is 27.2 Å². The van der Waals surface area contributed by atoms with Crippen LogP contribution in [0.3, 0.4) is 0 Å². The van der Waals surface area contributed by atoms with Gasteiger partial charge in [-0.25, -0.2) is 0 Å². The molecule has 0 fully saturated rings. The molecule has 2 N–H and O–H groups in total. The first-order chi connectivity index (χ1) is 8.54. The van der Waals surface area contributed by atoms with Gasteiger partial charge in [0.1, 0.15) is 5.82 Å². The number of nitrogens with zero attached hydrogens (tertiary/aromatic N) is 1. The van der Waals surface area contributed by atoms with E-state index < -0.39 is 0 Å². The summed E-state index contributed by atoms with van der Waals surface area (Å²) in [5.74, 6) is 0.230. The maximum absolute atomic E-state index is 11.8. The van der Waals surface area contributed by atoms with Crippen LogP contribution in [0.5, 0.6) is 5.88 Å². The van der Waals surface area contributed by atoms with E-state index in [0.717, 1.165) is 16.7 Å². The smallest absolute Gasteiger partial charge is 0.258 e. The van der Waals surface area contributed by atoms with E-state index in [0.29, 0.717) is 17.8 Å². The van der Waals surface area contributed by atoms with Gasteiger partial charge in [-0.2, -0.15) is 4.98 Å². The maximum Gasteiger partial charge on any atom is 0.258 e. The van der Waals surface area contributed by atoms with Gasteiger partial charge in [0.2, 0.25) is 5.88 Å². The normalized spacial score (nSPS) is 10.6. The van der Waals surface area contributed by atoms with Crippen LogP contribution >= 0.6 is 0 Å². The molecular formula is C14H16N2O2. The van der Waals surface area contributed by atoms with Gasteiger partial charge in [-0.15, -0.1) is 0 Å². The van der Waals surface area contributed by atoms with Crippen molar-refractivity contribution in [3.05, 3.63) is 45.2 Å². The molecule has 1 heterocycles. The number of aromatic amines is 1. The first-order valence-electron chi connectivity index (χ1n) is 5.93. The fourth-order valence-electron chi connectivity index (χ4n) is 1.94. The highest BCUT2D eigenvalue weighted by atomic mass is 16.3. The van der Waals surface area contributed by atoms with Crippen molar-refractivity contribution >= 4 is 0 Å².